The number of benzene rings is 1. The highest BCUT2D eigenvalue weighted by molar-refractivity contribution is 6.42. The van der Waals surface area contributed by atoms with Crippen LogP contribution >= 0.6 is 23.2 Å². The van der Waals surface area contributed by atoms with Gasteiger partial charge in [0.25, 0.3) is 0 Å². The van der Waals surface area contributed by atoms with Gasteiger partial charge in [0.1, 0.15) is 0 Å². The second-order valence-electron chi connectivity index (χ2n) is 4.70. The molecule has 6 heteroatoms. The highest BCUT2D eigenvalue weighted by Crippen LogP contribution is 2.23. The summed E-state index contributed by atoms with van der Waals surface area (Å²) in [7, 11) is 0. The van der Waals surface area contributed by atoms with Gasteiger partial charge in [-0.1, -0.05) is 41.3 Å². The number of nitriles is 1. The number of rotatable bonds is 5. The fourth-order valence-electron chi connectivity index (χ4n) is 1.80. The van der Waals surface area contributed by atoms with Gasteiger partial charge in [0.05, 0.1) is 16.1 Å². The Morgan fingerprint density at radius 2 is 2.15 bits per heavy atom. The van der Waals surface area contributed by atoms with Crippen molar-refractivity contribution >= 4 is 23.2 Å². The molecule has 0 aliphatic rings. The summed E-state index contributed by atoms with van der Waals surface area (Å²) >= 11 is 11.8. The van der Waals surface area contributed by atoms with Crippen LogP contribution in [0, 0.1) is 17.2 Å². The van der Waals surface area contributed by atoms with Crippen molar-refractivity contribution in [3.63, 3.8) is 0 Å². The van der Waals surface area contributed by atoms with Gasteiger partial charge in [-0.3, -0.25) is 0 Å². The Hall–Kier alpha value is -1.57. The number of hydrogen-bond acceptors (Lipinski definition) is 4. The smallest absolute Gasteiger partial charge is 0.226 e. The summed E-state index contributed by atoms with van der Waals surface area (Å²) < 4.78 is 5.18. The van der Waals surface area contributed by atoms with Crippen LogP contribution in [-0.2, 0) is 12.8 Å². The lowest BCUT2D eigenvalue weighted by molar-refractivity contribution is 0.355. The predicted octanol–water partition coefficient (Wildman–Crippen LogP) is 4.06. The van der Waals surface area contributed by atoms with Crippen molar-refractivity contribution in [3.05, 3.63) is 45.5 Å². The molecular weight excluding hydrogens is 297 g/mol. The molecule has 1 heterocycles. The van der Waals surface area contributed by atoms with E-state index in [0.29, 0.717) is 41.0 Å². The summed E-state index contributed by atoms with van der Waals surface area (Å²) in [6.45, 7) is 1.98. The summed E-state index contributed by atoms with van der Waals surface area (Å²) in [5.41, 5.74) is 0.969. The monoisotopic (exact) mass is 309 g/mol. The SMILES string of the molecule is CC(CC#N)Cc1nc(Cc2ccc(Cl)c(Cl)c2)no1. The molecule has 20 heavy (non-hydrogen) atoms. The van der Waals surface area contributed by atoms with E-state index in [4.69, 9.17) is 33.0 Å². The van der Waals surface area contributed by atoms with Crippen LogP contribution in [0.15, 0.2) is 22.7 Å². The Balaban J connectivity index is 2.02. The quantitative estimate of drug-likeness (QED) is 0.835. The van der Waals surface area contributed by atoms with Gasteiger partial charge in [0.15, 0.2) is 5.82 Å². The number of nitrogens with zero attached hydrogens (tertiary/aromatic N) is 3. The predicted molar refractivity (Wildman–Crippen MR) is 76.7 cm³/mol. The zero-order valence-electron chi connectivity index (χ0n) is 10.9. The molecule has 1 aromatic carbocycles. The van der Waals surface area contributed by atoms with Gasteiger partial charge in [-0.15, -0.1) is 0 Å². The van der Waals surface area contributed by atoms with Crippen molar-refractivity contribution in [2.24, 2.45) is 5.92 Å². The van der Waals surface area contributed by atoms with E-state index in [1.54, 1.807) is 12.1 Å². The molecule has 0 N–H and O–H groups in total. The topological polar surface area (TPSA) is 62.7 Å². The molecule has 2 aromatic rings. The van der Waals surface area contributed by atoms with Crippen LogP contribution in [0.1, 0.15) is 30.6 Å². The first-order valence-corrected chi connectivity index (χ1v) is 6.96. The lowest BCUT2D eigenvalue weighted by atomic mass is 10.1. The van der Waals surface area contributed by atoms with Crippen LogP contribution in [-0.4, -0.2) is 10.1 Å². The Labute approximate surface area is 127 Å². The third-order valence-corrected chi connectivity index (χ3v) is 3.56. The fraction of sp³-hybridized carbons (Fsp3) is 0.357. The van der Waals surface area contributed by atoms with Crippen LogP contribution in [0.5, 0.6) is 0 Å². The van der Waals surface area contributed by atoms with E-state index in [-0.39, 0.29) is 5.92 Å². The molecule has 0 spiro atoms. The molecule has 0 aliphatic carbocycles. The fourth-order valence-corrected chi connectivity index (χ4v) is 2.12. The number of aromatic nitrogens is 2. The highest BCUT2D eigenvalue weighted by atomic mass is 35.5. The molecule has 0 bridgehead atoms. The lowest BCUT2D eigenvalue weighted by Gasteiger charge is -2.01. The lowest BCUT2D eigenvalue weighted by Crippen LogP contribution is -1.99. The van der Waals surface area contributed by atoms with E-state index < -0.39 is 0 Å². The van der Waals surface area contributed by atoms with Crippen molar-refractivity contribution in [2.75, 3.05) is 0 Å². The molecule has 1 atom stereocenters. The number of hydrogen-bond donors (Lipinski definition) is 0. The third-order valence-electron chi connectivity index (χ3n) is 2.82. The Kier molecular flexibility index (Phi) is 4.99. The van der Waals surface area contributed by atoms with E-state index >= 15 is 0 Å². The van der Waals surface area contributed by atoms with Gasteiger partial charge in [-0.25, -0.2) is 0 Å². The molecule has 4 nitrogen and oxygen atoms in total. The van der Waals surface area contributed by atoms with Crippen LogP contribution < -0.4 is 0 Å². The molecule has 0 amide bonds. The van der Waals surface area contributed by atoms with Gasteiger partial charge < -0.3 is 4.52 Å². The molecule has 2 rings (SSSR count). The summed E-state index contributed by atoms with van der Waals surface area (Å²) in [5.74, 6) is 1.36. The maximum atomic E-state index is 8.62. The highest BCUT2D eigenvalue weighted by Gasteiger charge is 2.11. The Morgan fingerprint density at radius 3 is 2.85 bits per heavy atom. The van der Waals surface area contributed by atoms with Crippen LogP contribution in [0.25, 0.3) is 0 Å². The second kappa shape index (κ2) is 6.74. The Bertz CT molecular complexity index is 634. The Morgan fingerprint density at radius 1 is 1.35 bits per heavy atom. The molecule has 1 aromatic heterocycles. The first kappa shape index (κ1) is 14.8. The largest absolute Gasteiger partial charge is 0.339 e. The van der Waals surface area contributed by atoms with Gasteiger partial charge in [-0.05, 0) is 23.6 Å². The van der Waals surface area contributed by atoms with E-state index in [0.717, 1.165) is 5.56 Å². The maximum Gasteiger partial charge on any atom is 0.226 e. The van der Waals surface area contributed by atoms with Crippen LogP contribution in [0.2, 0.25) is 10.0 Å². The zero-order valence-corrected chi connectivity index (χ0v) is 12.4. The van der Waals surface area contributed by atoms with Crippen molar-refractivity contribution in [1.82, 2.24) is 10.1 Å². The first-order chi connectivity index (χ1) is 9.58. The minimum absolute atomic E-state index is 0.207. The zero-order chi connectivity index (χ0) is 14.5. The molecule has 0 saturated carbocycles. The van der Waals surface area contributed by atoms with Gasteiger partial charge in [0, 0.05) is 19.3 Å². The molecule has 1 unspecified atom stereocenters. The first-order valence-electron chi connectivity index (χ1n) is 6.21. The molecule has 0 radical (unpaired) electrons. The number of halogens is 2. The van der Waals surface area contributed by atoms with Crippen molar-refractivity contribution in [1.29, 1.82) is 5.26 Å². The van der Waals surface area contributed by atoms with E-state index in [2.05, 4.69) is 16.2 Å². The average Bonchev–Trinajstić information content (AvgIpc) is 2.81. The molecule has 0 saturated heterocycles. The average molecular weight is 310 g/mol. The van der Waals surface area contributed by atoms with E-state index in [9.17, 15) is 0 Å². The molecule has 104 valence electrons. The summed E-state index contributed by atoms with van der Waals surface area (Å²) in [4.78, 5) is 4.32. The van der Waals surface area contributed by atoms with Crippen molar-refractivity contribution < 1.29 is 4.52 Å². The van der Waals surface area contributed by atoms with Crippen molar-refractivity contribution in [2.45, 2.75) is 26.2 Å². The minimum atomic E-state index is 0.207. The minimum Gasteiger partial charge on any atom is -0.339 e. The van der Waals surface area contributed by atoms with Gasteiger partial charge >= 0.3 is 0 Å². The summed E-state index contributed by atoms with van der Waals surface area (Å²) in [6, 6.07) is 7.54. The third kappa shape index (κ3) is 3.96. The maximum absolute atomic E-state index is 8.62. The summed E-state index contributed by atoms with van der Waals surface area (Å²) in [5, 5.41) is 13.6. The second-order valence-corrected chi connectivity index (χ2v) is 5.52. The normalized spacial score (nSPS) is 12.1. The standard InChI is InChI=1S/C14H13Cl2N3O/c1-9(4-5-17)6-14-18-13(19-20-14)8-10-2-3-11(15)12(16)7-10/h2-3,7,9H,4,6,8H2,1H3. The van der Waals surface area contributed by atoms with E-state index in [1.165, 1.54) is 0 Å². The van der Waals surface area contributed by atoms with Crippen molar-refractivity contribution in [3.8, 4) is 6.07 Å². The van der Waals surface area contributed by atoms with Gasteiger partial charge in [-0.2, -0.15) is 10.2 Å². The van der Waals surface area contributed by atoms with Crippen LogP contribution in [0.3, 0.4) is 0 Å². The molecular formula is C14H13Cl2N3O. The molecule has 0 fully saturated rings. The molecule has 0 aliphatic heterocycles. The summed E-state index contributed by atoms with van der Waals surface area (Å²) in [6.07, 6.45) is 1.62. The van der Waals surface area contributed by atoms with Crippen LogP contribution in [0.4, 0.5) is 0 Å². The van der Waals surface area contributed by atoms with Gasteiger partial charge in [0.2, 0.25) is 5.89 Å². The van der Waals surface area contributed by atoms with E-state index in [1.807, 2.05) is 13.0 Å².